The molecule has 3 heterocycles. The van der Waals surface area contributed by atoms with E-state index in [2.05, 4.69) is 9.71 Å². The van der Waals surface area contributed by atoms with Gasteiger partial charge >= 0.3 is 0 Å². The van der Waals surface area contributed by atoms with Crippen LogP contribution in [0.25, 0.3) is 0 Å². The highest BCUT2D eigenvalue weighted by Gasteiger charge is 2.22. The summed E-state index contributed by atoms with van der Waals surface area (Å²) in [7, 11) is -3.59. The molecule has 0 radical (unpaired) electrons. The van der Waals surface area contributed by atoms with Crippen molar-refractivity contribution in [3.63, 3.8) is 0 Å². The Labute approximate surface area is 132 Å². The lowest BCUT2D eigenvalue weighted by molar-refractivity contribution is 0.483. The molecule has 5 nitrogen and oxygen atoms in total. The van der Waals surface area contributed by atoms with Crippen molar-refractivity contribution in [1.82, 2.24) is 9.71 Å². The molecule has 0 saturated carbocycles. The second-order valence-corrected chi connectivity index (χ2v) is 7.37. The smallest absolute Gasteiger partial charge is 0.242 e. The molecule has 3 aromatic rings. The number of aromatic nitrogens is 1. The molecule has 0 fully saturated rings. The summed E-state index contributed by atoms with van der Waals surface area (Å²) in [6.45, 7) is 0.227. The number of thiophene rings is 1. The monoisotopic (exact) mass is 334 g/mol. The SMILES string of the molecule is O=S(=O)(NC[C@@H](c1ccco1)c1cccs1)c1cccnc1. The topological polar surface area (TPSA) is 72.2 Å². The number of rotatable bonds is 6. The number of nitrogens with one attached hydrogen (secondary N) is 1. The van der Waals surface area contributed by atoms with E-state index in [1.165, 1.54) is 18.5 Å². The molecule has 0 amide bonds. The second-order valence-electron chi connectivity index (χ2n) is 4.62. The highest BCUT2D eigenvalue weighted by molar-refractivity contribution is 7.89. The molecule has 3 rings (SSSR count). The predicted molar refractivity (Wildman–Crippen MR) is 84.3 cm³/mol. The summed E-state index contributed by atoms with van der Waals surface area (Å²) in [6, 6.07) is 10.7. The summed E-state index contributed by atoms with van der Waals surface area (Å²) in [5.74, 6) is 0.581. The highest BCUT2D eigenvalue weighted by atomic mass is 32.2. The Hall–Kier alpha value is -1.96. The number of furan rings is 1. The summed E-state index contributed by atoms with van der Waals surface area (Å²) in [4.78, 5) is 5.04. The van der Waals surface area contributed by atoms with Crippen molar-refractivity contribution in [2.45, 2.75) is 10.8 Å². The van der Waals surface area contributed by atoms with Crippen LogP contribution in [-0.4, -0.2) is 19.9 Å². The van der Waals surface area contributed by atoms with E-state index >= 15 is 0 Å². The van der Waals surface area contributed by atoms with Crippen molar-refractivity contribution in [2.75, 3.05) is 6.54 Å². The molecule has 22 heavy (non-hydrogen) atoms. The van der Waals surface area contributed by atoms with Crippen LogP contribution in [0.2, 0.25) is 0 Å². The van der Waals surface area contributed by atoms with Crippen molar-refractivity contribution < 1.29 is 12.8 Å². The Bertz CT molecular complexity index is 764. The minimum absolute atomic E-state index is 0.151. The average Bonchev–Trinajstić information content (AvgIpc) is 3.22. The maximum absolute atomic E-state index is 12.3. The minimum atomic E-state index is -3.59. The Balaban J connectivity index is 1.81. The van der Waals surface area contributed by atoms with Crippen LogP contribution < -0.4 is 4.72 Å². The third-order valence-electron chi connectivity index (χ3n) is 3.20. The van der Waals surface area contributed by atoms with E-state index < -0.39 is 10.0 Å². The first-order valence-electron chi connectivity index (χ1n) is 6.63. The lowest BCUT2D eigenvalue weighted by Gasteiger charge is -2.14. The first kappa shape index (κ1) is 15.0. The van der Waals surface area contributed by atoms with Crippen LogP contribution in [0.15, 0.2) is 69.7 Å². The van der Waals surface area contributed by atoms with E-state index in [1.54, 1.807) is 29.7 Å². The summed E-state index contributed by atoms with van der Waals surface area (Å²) >= 11 is 1.57. The van der Waals surface area contributed by atoms with E-state index in [0.29, 0.717) is 0 Å². The van der Waals surface area contributed by atoms with Crippen molar-refractivity contribution in [3.8, 4) is 0 Å². The molecule has 1 N–H and O–H groups in total. The minimum Gasteiger partial charge on any atom is -0.469 e. The number of hydrogen-bond donors (Lipinski definition) is 1. The lowest BCUT2D eigenvalue weighted by atomic mass is 10.1. The van der Waals surface area contributed by atoms with Gasteiger partial charge in [-0.15, -0.1) is 11.3 Å². The first-order chi connectivity index (χ1) is 10.7. The molecular formula is C15H14N2O3S2. The van der Waals surface area contributed by atoms with Crippen molar-refractivity contribution in [1.29, 1.82) is 0 Å². The molecular weight excluding hydrogens is 320 g/mol. The van der Waals surface area contributed by atoms with Crippen LogP contribution in [0.4, 0.5) is 0 Å². The molecule has 3 aromatic heterocycles. The van der Waals surface area contributed by atoms with E-state index in [1.807, 2.05) is 23.6 Å². The standard InChI is InChI=1S/C15H14N2O3S2/c18-22(19,12-4-1-7-16-10-12)17-11-13(14-5-2-8-20-14)15-6-3-9-21-15/h1-10,13,17H,11H2/t13-/m0/s1. The van der Waals surface area contributed by atoms with Crippen LogP contribution in [-0.2, 0) is 10.0 Å². The van der Waals surface area contributed by atoms with Gasteiger partial charge in [-0.3, -0.25) is 4.98 Å². The molecule has 0 aromatic carbocycles. The van der Waals surface area contributed by atoms with Gasteiger partial charge in [-0.25, -0.2) is 13.1 Å². The fraction of sp³-hybridized carbons (Fsp3) is 0.133. The van der Waals surface area contributed by atoms with Gasteiger partial charge in [0.1, 0.15) is 10.7 Å². The third kappa shape index (κ3) is 3.27. The Kier molecular flexibility index (Phi) is 4.37. The molecule has 0 aliphatic heterocycles. The normalized spacial score (nSPS) is 13.1. The maximum atomic E-state index is 12.3. The van der Waals surface area contributed by atoms with Gasteiger partial charge in [-0.05, 0) is 35.7 Å². The molecule has 7 heteroatoms. The molecule has 0 unspecified atom stereocenters. The third-order valence-corrected chi connectivity index (χ3v) is 5.59. The maximum Gasteiger partial charge on any atom is 0.242 e. The molecule has 0 aliphatic carbocycles. The van der Waals surface area contributed by atoms with Crippen molar-refractivity contribution >= 4 is 21.4 Å². The average molecular weight is 334 g/mol. The fourth-order valence-electron chi connectivity index (χ4n) is 2.10. The molecule has 0 spiro atoms. The van der Waals surface area contributed by atoms with Crippen LogP contribution in [0, 0.1) is 0 Å². The quantitative estimate of drug-likeness (QED) is 0.752. The Morgan fingerprint density at radius 3 is 2.77 bits per heavy atom. The predicted octanol–water partition coefficient (Wildman–Crippen LogP) is 2.85. The summed E-state index contributed by atoms with van der Waals surface area (Å²) < 4.78 is 32.7. The van der Waals surface area contributed by atoms with Crippen LogP contribution in [0.5, 0.6) is 0 Å². The van der Waals surface area contributed by atoms with Gasteiger partial charge in [0.15, 0.2) is 0 Å². The zero-order valence-corrected chi connectivity index (χ0v) is 13.2. The van der Waals surface area contributed by atoms with Crippen LogP contribution in [0.3, 0.4) is 0 Å². The number of nitrogens with zero attached hydrogens (tertiary/aromatic N) is 1. The first-order valence-corrected chi connectivity index (χ1v) is 8.99. The van der Waals surface area contributed by atoms with E-state index in [9.17, 15) is 8.42 Å². The van der Waals surface area contributed by atoms with Crippen molar-refractivity contribution in [3.05, 3.63) is 71.1 Å². The lowest BCUT2D eigenvalue weighted by Crippen LogP contribution is -2.28. The fourth-order valence-corrected chi connectivity index (χ4v) is 3.95. The van der Waals surface area contributed by atoms with Gasteiger partial charge in [-0.2, -0.15) is 0 Å². The van der Waals surface area contributed by atoms with E-state index in [-0.39, 0.29) is 17.4 Å². The van der Waals surface area contributed by atoms with E-state index in [0.717, 1.165) is 10.6 Å². The Morgan fingerprint density at radius 1 is 1.23 bits per heavy atom. The zero-order valence-electron chi connectivity index (χ0n) is 11.5. The van der Waals surface area contributed by atoms with Crippen LogP contribution in [0.1, 0.15) is 16.6 Å². The number of hydrogen-bond acceptors (Lipinski definition) is 5. The molecule has 114 valence electrons. The van der Waals surface area contributed by atoms with Gasteiger partial charge in [-0.1, -0.05) is 6.07 Å². The highest BCUT2D eigenvalue weighted by Crippen LogP contribution is 2.28. The largest absolute Gasteiger partial charge is 0.469 e. The summed E-state index contributed by atoms with van der Waals surface area (Å²) in [6.07, 6.45) is 4.46. The Morgan fingerprint density at radius 2 is 2.14 bits per heavy atom. The second kappa shape index (κ2) is 6.43. The molecule has 1 atom stereocenters. The van der Waals surface area contributed by atoms with Gasteiger partial charge < -0.3 is 4.42 Å². The zero-order chi connectivity index (χ0) is 15.4. The number of sulfonamides is 1. The van der Waals surface area contributed by atoms with Gasteiger partial charge in [0.25, 0.3) is 0 Å². The van der Waals surface area contributed by atoms with Gasteiger partial charge in [0, 0.05) is 23.8 Å². The summed E-state index contributed by atoms with van der Waals surface area (Å²) in [5, 5.41) is 1.96. The molecule has 0 saturated heterocycles. The number of pyridine rings is 1. The van der Waals surface area contributed by atoms with Gasteiger partial charge in [0.2, 0.25) is 10.0 Å². The molecule has 0 aliphatic rings. The molecule has 0 bridgehead atoms. The summed E-state index contributed by atoms with van der Waals surface area (Å²) in [5.41, 5.74) is 0. The van der Waals surface area contributed by atoms with Crippen LogP contribution >= 0.6 is 11.3 Å². The van der Waals surface area contributed by atoms with Crippen molar-refractivity contribution in [2.24, 2.45) is 0 Å². The van der Waals surface area contributed by atoms with Gasteiger partial charge in [0.05, 0.1) is 12.2 Å². The van der Waals surface area contributed by atoms with E-state index in [4.69, 9.17) is 4.42 Å².